The van der Waals surface area contributed by atoms with E-state index in [-0.39, 0.29) is 12.5 Å². The molecule has 5 rings (SSSR count). The minimum absolute atomic E-state index is 0.0915. The van der Waals surface area contributed by atoms with Crippen molar-refractivity contribution >= 4 is 27.8 Å². The van der Waals surface area contributed by atoms with Crippen molar-refractivity contribution in [3.8, 4) is 5.69 Å². The summed E-state index contributed by atoms with van der Waals surface area (Å²) in [6, 6.07) is 7.88. The van der Waals surface area contributed by atoms with Gasteiger partial charge < -0.3 is 19.1 Å². The lowest BCUT2D eigenvalue weighted by Crippen LogP contribution is -2.33. The Morgan fingerprint density at radius 1 is 1.26 bits per heavy atom. The van der Waals surface area contributed by atoms with Crippen LogP contribution in [0.4, 0.5) is 8.78 Å². The van der Waals surface area contributed by atoms with Crippen molar-refractivity contribution in [2.24, 2.45) is 0 Å². The molecule has 2 aromatic carbocycles. The first kappa shape index (κ1) is 23.4. The lowest BCUT2D eigenvalue weighted by atomic mass is 9.80. The van der Waals surface area contributed by atoms with Gasteiger partial charge >= 0.3 is 5.97 Å². The second-order valence-electron chi connectivity index (χ2n) is 9.77. The van der Waals surface area contributed by atoms with E-state index in [4.69, 9.17) is 9.47 Å². The molecule has 2 aromatic heterocycles. The molecule has 2 N–H and O–H groups in total. The number of rotatable bonds is 6. The number of H-pyrrole nitrogens is 1. The highest BCUT2D eigenvalue weighted by Gasteiger charge is 2.37. The van der Waals surface area contributed by atoms with Crippen LogP contribution < -0.4 is 0 Å². The minimum Gasteiger partial charge on any atom is -0.479 e. The third-order valence-electron chi connectivity index (χ3n) is 6.83. The molecule has 2 atom stereocenters. The van der Waals surface area contributed by atoms with Gasteiger partial charge in [0.15, 0.2) is 17.7 Å². The van der Waals surface area contributed by atoms with Crippen LogP contribution in [-0.4, -0.2) is 52.3 Å². The molecule has 1 aliphatic rings. The Labute approximate surface area is 200 Å². The van der Waals surface area contributed by atoms with Crippen molar-refractivity contribution in [3.05, 3.63) is 59.4 Å². The number of nitrogens with one attached hydrogen (secondary N) is 1. The molecule has 0 saturated carbocycles. The number of hydrogen-bond donors (Lipinski definition) is 2. The maximum atomic E-state index is 14.4. The fourth-order valence-electron chi connectivity index (χ4n) is 5.32. The van der Waals surface area contributed by atoms with E-state index >= 15 is 0 Å². The first-order chi connectivity index (χ1) is 16.7. The molecular weight excluding hydrogens is 456 g/mol. The number of halogens is 2. The van der Waals surface area contributed by atoms with Crippen molar-refractivity contribution in [1.29, 1.82) is 0 Å². The van der Waals surface area contributed by atoms with Crippen molar-refractivity contribution in [2.45, 2.75) is 44.1 Å². The maximum Gasteiger partial charge on any atom is 0.332 e. The number of carboxylic acid groups (broad SMARTS) is 1. The van der Waals surface area contributed by atoms with Crippen molar-refractivity contribution < 1.29 is 28.2 Å². The molecule has 35 heavy (non-hydrogen) atoms. The zero-order valence-electron chi connectivity index (χ0n) is 19.8. The number of aromatic amines is 1. The van der Waals surface area contributed by atoms with Crippen LogP contribution in [0.1, 0.15) is 43.9 Å². The van der Waals surface area contributed by atoms with Gasteiger partial charge in [0.2, 0.25) is 0 Å². The Bertz CT molecular complexity index is 1420. The number of benzene rings is 2. The lowest BCUT2D eigenvalue weighted by molar-refractivity contribution is -0.153. The van der Waals surface area contributed by atoms with E-state index in [1.54, 1.807) is 19.4 Å². The van der Waals surface area contributed by atoms with E-state index in [1.807, 2.05) is 30.5 Å². The summed E-state index contributed by atoms with van der Waals surface area (Å²) in [6.45, 7) is 4.71. The first-order valence-corrected chi connectivity index (χ1v) is 11.5. The molecule has 0 bridgehead atoms. The third kappa shape index (κ3) is 3.98. The molecule has 1 fully saturated rings. The smallest absolute Gasteiger partial charge is 0.332 e. The summed E-state index contributed by atoms with van der Waals surface area (Å²) < 4.78 is 41.6. The summed E-state index contributed by atoms with van der Waals surface area (Å²) in [4.78, 5) is 11.5. The molecule has 1 saturated heterocycles. The van der Waals surface area contributed by atoms with Gasteiger partial charge in [0.1, 0.15) is 0 Å². The molecule has 184 valence electrons. The second kappa shape index (κ2) is 8.73. The van der Waals surface area contributed by atoms with Gasteiger partial charge in [-0.05, 0) is 42.7 Å². The first-order valence-electron chi connectivity index (χ1n) is 11.5. The van der Waals surface area contributed by atoms with E-state index in [0.717, 1.165) is 39.1 Å². The Kier molecular flexibility index (Phi) is 5.85. The van der Waals surface area contributed by atoms with Crippen LogP contribution in [0.15, 0.2) is 36.5 Å². The molecule has 0 radical (unpaired) electrons. The normalized spacial score (nSPS) is 19.0. The standard InChI is InChI=1S/C26H27F2N3O4/c1-26(2,13-34-3)24-23(14-4-7-22(25(32)33)35-12-14)17-10-20-15(11-29-30-20)8-21(17)31(24)16-5-6-18(27)19(28)9-16/h5-6,8-11,14,22H,4,7,12-13H2,1-3H3,(H,29,30)(H,32,33)/t14-,22?/m1/s1. The molecule has 4 aromatic rings. The summed E-state index contributed by atoms with van der Waals surface area (Å²) in [5.74, 6) is -2.91. The molecule has 9 heteroatoms. The van der Waals surface area contributed by atoms with E-state index in [2.05, 4.69) is 10.2 Å². The molecule has 7 nitrogen and oxygen atoms in total. The molecule has 1 unspecified atom stereocenters. The molecule has 1 aliphatic heterocycles. The van der Waals surface area contributed by atoms with Gasteiger partial charge in [-0.15, -0.1) is 0 Å². The van der Waals surface area contributed by atoms with Crippen molar-refractivity contribution in [1.82, 2.24) is 14.8 Å². The number of fused-ring (bicyclic) bond motifs is 2. The SMILES string of the molecule is COCC(C)(C)c1c([C@@H]2CCC(C(=O)O)OC2)c2cc3[nH]ncc3cc2n1-c1ccc(F)c(F)c1. The number of hydrogen-bond acceptors (Lipinski definition) is 4. The van der Waals surface area contributed by atoms with E-state index in [9.17, 15) is 18.7 Å². The number of carbonyl (C=O) groups is 1. The van der Waals surface area contributed by atoms with Gasteiger partial charge in [-0.3, -0.25) is 5.10 Å². The molecular formula is C26H27F2N3O4. The average Bonchev–Trinajstić information content (AvgIpc) is 3.41. The van der Waals surface area contributed by atoms with Gasteiger partial charge in [-0.25, -0.2) is 13.6 Å². The van der Waals surface area contributed by atoms with Crippen LogP contribution in [0.3, 0.4) is 0 Å². The second-order valence-corrected chi connectivity index (χ2v) is 9.77. The maximum absolute atomic E-state index is 14.4. The average molecular weight is 484 g/mol. The Morgan fingerprint density at radius 2 is 2.06 bits per heavy atom. The van der Waals surface area contributed by atoms with Crippen LogP contribution in [0.25, 0.3) is 27.5 Å². The highest BCUT2D eigenvalue weighted by atomic mass is 19.2. The van der Waals surface area contributed by atoms with Crippen LogP contribution in [0.2, 0.25) is 0 Å². The zero-order chi connectivity index (χ0) is 24.9. The summed E-state index contributed by atoms with van der Waals surface area (Å²) in [5, 5.41) is 18.4. The van der Waals surface area contributed by atoms with Crippen LogP contribution in [0.5, 0.6) is 0 Å². The predicted molar refractivity (Wildman–Crippen MR) is 127 cm³/mol. The Balaban J connectivity index is 1.83. The number of nitrogens with zero attached hydrogens (tertiary/aromatic N) is 2. The highest BCUT2D eigenvalue weighted by molar-refractivity contribution is 5.99. The third-order valence-corrected chi connectivity index (χ3v) is 6.83. The van der Waals surface area contributed by atoms with Crippen LogP contribution in [0, 0.1) is 11.6 Å². The fraction of sp³-hybridized carbons (Fsp3) is 0.385. The number of aliphatic carboxylic acids is 1. The molecule has 0 aliphatic carbocycles. The zero-order valence-corrected chi connectivity index (χ0v) is 19.8. The topological polar surface area (TPSA) is 89.4 Å². The highest BCUT2D eigenvalue weighted by Crippen LogP contribution is 2.44. The lowest BCUT2D eigenvalue weighted by Gasteiger charge is -2.32. The van der Waals surface area contributed by atoms with Gasteiger partial charge in [0, 0.05) is 46.7 Å². The van der Waals surface area contributed by atoms with Crippen molar-refractivity contribution in [3.63, 3.8) is 0 Å². The van der Waals surface area contributed by atoms with Crippen LogP contribution in [-0.2, 0) is 19.7 Å². The van der Waals surface area contributed by atoms with E-state index in [1.165, 1.54) is 6.07 Å². The summed E-state index contributed by atoms with van der Waals surface area (Å²) in [7, 11) is 1.63. The molecule has 3 heterocycles. The van der Waals surface area contributed by atoms with Gasteiger partial charge in [-0.2, -0.15) is 5.10 Å². The largest absolute Gasteiger partial charge is 0.479 e. The fourth-order valence-corrected chi connectivity index (χ4v) is 5.32. The van der Waals surface area contributed by atoms with Gasteiger partial charge in [-0.1, -0.05) is 13.8 Å². The van der Waals surface area contributed by atoms with E-state index in [0.29, 0.717) is 25.1 Å². The summed E-state index contributed by atoms with van der Waals surface area (Å²) in [6.07, 6.45) is 1.89. The minimum atomic E-state index is -0.966. The molecule has 0 spiro atoms. The Hall–Kier alpha value is -3.30. The van der Waals surface area contributed by atoms with Crippen molar-refractivity contribution in [2.75, 3.05) is 20.3 Å². The number of carboxylic acids is 1. The number of methoxy groups -OCH3 is 1. The number of ether oxygens (including phenoxy) is 2. The van der Waals surface area contributed by atoms with Crippen LogP contribution >= 0.6 is 0 Å². The predicted octanol–water partition coefficient (Wildman–Crippen LogP) is 5.06. The Morgan fingerprint density at radius 3 is 2.71 bits per heavy atom. The van der Waals surface area contributed by atoms with E-state index < -0.39 is 29.1 Å². The summed E-state index contributed by atoms with van der Waals surface area (Å²) in [5.41, 5.74) is 3.51. The van der Waals surface area contributed by atoms with Gasteiger partial charge in [0.25, 0.3) is 0 Å². The summed E-state index contributed by atoms with van der Waals surface area (Å²) >= 11 is 0. The number of aromatic nitrogens is 3. The molecule has 0 amide bonds. The quantitative estimate of drug-likeness (QED) is 0.400. The van der Waals surface area contributed by atoms with Gasteiger partial charge in [0.05, 0.1) is 30.4 Å². The monoisotopic (exact) mass is 483 g/mol.